The zero-order valence-electron chi connectivity index (χ0n) is 9.55. The van der Waals surface area contributed by atoms with Crippen LogP contribution in [0.4, 0.5) is 0 Å². The lowest BCUT2D eigenvalue weighted by Gasteiger charge is -2.05. The number of carbonyl (C=O) groups excluding carboxylic acids is 1. The van der Waals surface area contributed by atoms with Crippen molar-refractivity contribution in [3.8, 4) is 0 Å². The molecule has 0 spiro atoms. The predicted octanol–water partition coefficient (Wildman–Crippen LogP) is 1.39. The summed E-state index contributed by atoms with van der Waals surface area (Å²) in [5, 5.41) is 6.28. The van der Waals surface area contributed by atoms with Crippen molar-refractivity contribution in [2.45, 2.75) is 38.1 Å². The van der Waals surface area contributed by atoms with E-state index in [0.717, 1.165) is 13.1 Å². The smallest absolute Gasteiger partial charge is 0.221 e. The van der Waals surface area contributed by atoms with Crippen LogP contribution in [0.2, 0.25) is 0 Å². The molecule has 0 heterocycles. The van der Waals surface area contributed by atoms with Gasteiger partial charge in [0.05, 0.1) is 0 Å². The highest BCUT2D eigenvalue weighted by molar-refractivity contribution is 7.98. The highest BCUT2D eigenvalue weighted by atomic mass is 32.2. The van der Waals surface area contributed by atoms with E-state index in [9.17, 15) is 4.79 Å². The third-order valence-electron chi connectivity index (χ3n) is 2.42. The molecule has 0 aromatic rings. The second-order valence-corrected chi connectivity index (χ2v) is 5.03. The summed E-state index contributed by atoms with van der Waals surface area (Å²) in [5.74, 6) is 1.44. The lowest BCUT2D eigenvalue weighted by Crippen LogP contribution is -2.29. The van der Waals surface area contributed by atoms with Gasteiger partial charge in [-0.3, -0.25) is 4.79 Å². The van der Waals surface area contributed by atoms with Crippen LogP contribution in [0, 0.1) is 0 Å². The van der Waals surface area contributed by atoms with Gasteiger partial charge in [-0.15, -0.1) is 0 Å². The summed E-state index contributed by atoms with van der Waals surface area (Å²) in [6.07, 6.45) is 7.59. The van der Waals surface area contributed by atoms with Crippen LogP contribution in [0.3, 0.4) is 0 Å². The first kappa shape index (κ1) is 12.8. The zero-order valence-corrected chi connectivity index (χ0v) is 10.4. The second kappa shape index (κ2) is 7.99. The normalized spacial score (nSPS) is 15.3. The minimum atomic E-state index is 0.203. The summed E-state index contributed by atoms with van der Waals surface area (Å²) < 4.78 is 0. The Morgan fingerprint density at radius 3 is 2.80 bits per heavy atom. The van der Waals surface area contributed by atoms with E-state index in [1.165, 1.54) is 31.4 Å². The monoisotopic (exact) mass is 230 g/mol. The molecule has 4 heteroatoms. The first-order chi connectivity index (χ1) is 7.33. The van der Waals surface area contributed by atoms with Crippen molar-refractivity contribution in [3.63, 3.8) is 0 Å². The fraction of sp³-hybridized carbons (Fsp3) is 0.909. The molecule has 0 aromatic heterocycles. The van der Waals surface area contributed by atoms with Crippen molar-refractivity contribution in [2.75, 3.05) is 25.1 Å². The maximum Gasteiger partial charge on any atom is 0.221 e. The lowest BCUT2D eigenvalue weighted by molar-refractivity contribution is -0.121. The summed E-state index contributed by atoms with van der Waals surface area (Å²) in [4.78, 5) is 11.3. The van der Waals surface area contributed by atoms with Gasteiger partial charge in [0.25, 0.3) is 0 Å². The third-order valence-corrected chi connectivity index (χ3v) is 3.12. The summed E-state index contributed by atoms with van der Waals surface area (Å²) in [6, 6.07) is 0.499. The van der Waals surface area contributed by atoms with E-state index in [1.807, 2.05) is 11.8 Å². The number of hydrogen-bond acceptors (Lipinski definition) is 3. The Hall–Kier alpha value is -0.220. The molecule has 0 unspecified atom stereocenters. The Labute approximate surface area is 96.8 Å². The van der Waals surface area contributed by atoms with Gasteiger partial charge < -0.3 is 10.6 Å². The number of thioether (sulfide) groups is 1. The number of nitrogens with one attached hydrogen (secondary N) is 2. The van der Waals surface area contributed by atoms with Gasteiger partial charge in [-0.05, 0) is 44.2 Å². The molecule has 88 valence electrons. The van der Waals surface area contributed by atoms with Gasteiger partial charge in [-0.2, -0.15) is 11.8 Å². The van der Waals surface area contributed by atoms with Crippen molar-refractivity contribution in [1.29, 1.82) is 0 Å². The molecule has 1 aliphatic rings. The average molecular weight is 230 g/mol. The van der Waals surface area contributed by atoms with E-state index in [-0.39, 0.29) is 5.91 Å². The Morgan fingerprint density at radius 1 is 1.33 bits per heavy atom. The molecule has 3 nitrogen and oxygen atoms in total. The van der Waals surface area contributed by atoms with Gasteiger partial charge in [0.1, 0.15) is 0 Å². The molecule has 0 aromatic carbocycles. The molecule has 0 aliphatic heterocycles. The fourth-order valence-electron chi connectivity index (χ4n) is 1.35. The molecule has 0 radical (unpaired) electrons. The highest BCUT2D eigenvalue weighted by Crippen LogP contribution is 2.18. The van der Waals surface area contributed by atoms with Gasteiger partial charge in [-0.1, -0.05) is 0 Å². The first-order valence-electron chi connectivity index (χ1n) is 5.82. The molecule has 0 atom stereocenters. The largest absolute Gasteiger partial charge is 0.353 e. The second-order valence-electron chi connectivity index (χ2n) is 4.04. The van der Waals surface area contributed by atoms with Crippen molar-refractivity contribution >= 4 is 17.7 Å². The van der Waals surface area contributed by atoms with Crippen molar-refractivity contribution in [1.82, 2.24) is 10.6 Å². The third kappa shape index (κ3) is 7.68. The van der Waals surface area contributed by atoms with Crippen LogP contribution >= 0.6 is 11.8 Å². The molecule has 0 bridgehead atoms. The molecule has 1 rings (SSSR count). The van der Waals surface area contributed by atoms with Gasteiger partial charge in [0.15, 0.2) is 0 Å². The Bertz CT molecular complexity index is 183. The van der Waals surface area contributed by atoms with E-state index in [0.29, 0.717) is 12.5 Å². The zero-order chi connectivity index (χ0) is 10.9. The van der Waals surface area contributed by atoms with Crippen LogP contribution in [0.5, 0.6) is 0 Å². The molecular weight excluding hydrogens is 208 g/mol. The number of hydrogen-bond donors (Lipinski definition) is 2. The molecule has 1 fully saturated rings. The fourth-order valence-corrected chi connectivity index (χ4v) is 1.84. The summed E-state index contributed by atoms with van der Waals surface area (Å²) >= 11 is 1.89. The van der Waals surface area contributed by atoms with E-state index in [4.69, 9.17) is 0 Å². The maximum atomic E-state index is 11.3. The van der Waals surface area contributed by atoms with Crippen LogP contribution in [-0.2, 0) is 4.79 Å². The molecule has 0 saturated heterocycles. The Morgan fingerprint density at radius 2 is 2.13 bits per heavy atom. The van der Waals surface area contributed by atoms with E-state index < -0.39 is 0 Å². The van der Waals surface area contributed by atoms with Crippen LogP contribution in [0.15, 0.2) is 0 Å². The van der Waals surface area contributed by atoms with Crippen molar-refractivity contribution in [3.05, 3.63) is 0 Å². The quantitative estimate of drug-likeness (QED) is 0.588. The molecule has 1 saturated carbocycles. The Balaban J connectivity index is 1.77. The molecule has 2 N–H and O–H groups in total. The van der Waals surface area contributed by atoms with Crippen LogP contribution in [0.25, 0.3) is 0 Å². The highest BCUT2D eigenvalue weighted by Gasteiger charge is 2.22. The topological polar surface area (TPSA) is 41.1 Å². The number of unbranched alkanes of at least 4 members (excludes halogenated alkanes) is 1. The molecule has 1 amide bonds. The van der Waals surface area contributed by atoms with Crippen molar-refractivity contribution in [2.24, 2.45) is 0 Å². The minimum absolute atomic E-state index is 0.203. The summed E-state index contributed by atoms with van der Waals surface area (Å²) in [7, 11) is 0. The summed E-state index contributed by atoms with van der Waals surface area (Å²) in [6.45, 7) is 1.86. The first-order valence-corrected chi connectivity index (χ1v) is 7.21. The van der Waals surface area contributed by atoms with E-state index in [2.05, 4.69) is 16.9 Å². The Kier molecular flexibility index (Phi) is 6.85. The number of rotatable bonds is 9. The standard InChI is InChI=1S/C11H22N2OS/c1-15-9-3-2-7-12-8-6-11(14)13-10-4-5-10/h10,12H,2-9H2,1H3,(H,13,14). The van der Waals surface area contributed by atoms with Crippen molar-refractivity contribution < 1.29 is 4.79 Å². The van der Waals surface area contributed by atoms with Gasteiger partial charge in [-0.25, -0.2) is 0 Å². The van der Waals surface area contributed by atoms with E-state index >= 15 is 0 Å². The maximum absolute atomic E-state index is 11.3. The van der Waals surface area contributed by atoms with E-state index in [1.54, 1.807) is 0 Å². The number of amides is 1. The molecule has 1 aliphatic carbocycles. The van der Waals surface area contributed by atoms with Gasteiger partial charge in [0.2, 0.25) is 5.91 Å². The summed E-state index contributed by atoms with van der Waals surface area (Å²) in [5.41, 5.74) is 0. The average Bonchev–Trinajstić information content (AvgIpc) is 3.00. The minimum Gasteiger partial charge on any atom is -0.353 e. The molecule has 15 heavy (non-hydrogen) atoms. The SMILES string of the molecule is CSCCCCNCCC(=O)NC1CC1. The number of carbonyl (C=O) groups is 1. The van der Waals surface area contributed by atoms with Gasteiger partial charge >= 0.3 is 0 Å². The molecular formula is C11H22N2OS. The van der Waals surface area contributed by atoms with Crippen LogP contribution in [-0.4, -0.2) is 37.0 Å². The van der Waals surface area contributed by atoms with Crippen LogP contribution < -0.4 is 10.6 Å². The van der Waals surface area contributed by atoms with Gasteiger partial charge in [0, 0.05) is 19.0 Å². The predicted molar refractivity (Wildman–Crippen MR) is 66.3 cm³/mol. The lowest BCUT2D eigenvalue weighted by atomic mass is 10.3. The van der Waals surface area contributed by atoms with Crippen LogP contribution in [0.1, 0.15) is 32.1 Å².